The monoisotopic (exact) mass is 380 g/mol. The van der Waals surface area contributed by atoms with Crippen molar-refractivity contribution in [2.45, 2.75) is 53.0 Å². The van der Waals surface area contributed by atoms with Crippen LogP contribution in [0.4, 0.5) is 5.82 Å². The maximum atomic E-state index is 5.19. The Morgan fingerprint density at radius 3 is 2.57 bits per heavy atom. The van der Waals surface area contributed by atoms with Gasteiger partial charge in [0, 0.05) is 37.2 Å². The third-order valence-electron chi connectivity index (χ3n) is 5.31. The molecule has 0 aromatic carbocycles. The molecule has 0 radical (unpaired) electrons. The van der Waals surface area contributed by atoms with Crippen molar-refractivity contribution < 1.29 is 4.74 Å². The molecule has 5 nitrogen and oxygen atoms in total. The molecule has 0 aliphatic rings. The van der Waals surface area contributed by atoms with Gasteiger partial charge in [-0.05, 0) is 56.0 Å². The van der Waals surface area contributed by atoms with E-state index in [1.165, 1.54) is 11.1 Å². The Morgan fingerprint density at radius 1 is 1.11 bits per heavy atom. The van der Waals surface area contributed by atoms with E-state index in [0.29, 0.717) is 25.1 Å². The van der Waals surface area contributed by atoms with Gasteiger partial charge in [-0.1, -0.05) is 20.8 Å². The van der Waals surface area contributed by atoms with Gasteiger partial charge in [0.25, 0.3) is 0 Å². The van der Waals surface area contributed by atoms with Crippen LogP contribution in [0.25, 0.3) is 22.3 Å². The van der Waals surface area contributed by atoms with Gasteiger partial charge in [0.05, 0.1) is 23.3 Å². The average Bonchev–Trinajstić information content (AvgIpc) is 3.03. The van der Waals surface area contributed by atoms with Crippen molar-refractivity contribution in [1.82, 2.24) is 14.5 Å². The zero-order valence-corrected chi connectivity index (χ0v) is 17.9. The Hall–Kier alpha value is -2.40. The fourth-order valence-corrected chi connectivity index (χ4v) is 3.41. The molecular weight excluding hydrogens is 348 g/mol. The summed E-state index contributed by atoms with van der Waals surface area (Å²) in [7, 11) is 1.71. The number of aryl methyl sites for hydroxylation is 1. The zero-order valence-electron chi connectivity index (χ0n) is 17.9. The van der Waals surface area contributed by atoms with Crippen LogP contribution in [0.3, 0.4) is 0 Å². The fourth-order valence-electron chi connectivity index (χ4n) is 3.41. The van der Waals surface area contributed by atoms with Gasteiger partial charge in [-0.25, -0.2) is 9.97 Å². The largest absolute Gasteiger partial charge is 0.383 e. The van der Waals surface area contributed by atoms with Crippen molar-refractivity contribution in [3.05, 3.63) is 41.7 Å². The molecule has 0 bridgehead atoms. The van der Waals surface area contributed by atoms with Crippen LogP contribution in [-0.4, -0.2) is 34.8 Å². The van der Waals surface area contributed by atoms with E-state index in [9.17, 15) is 0 Å². The first-order valence-corrected chi connectivity index (χ1v) is 10.2. The van der Waals surface area contributed by atoms with Crippen LogP contribution in [0.15, 0.2) is 30.5 Å². The van der Waals surface area contributed by atoms with E-state index in [4.69, 9.17) is 14.7 Å². The van der Waals surface area contributed by atoms with E-state index in [2.05, 4.69) is 75.0 Å². The van der Waals surface area contributed by atoms with Crippen LogP contribution in [0.1, 0.15) is 57.3 Å². The molecule has 0 aliphatic heterocycles. The summed E-state index contributed by atoms with van der Waals surface area (Å²) in [6.07, 6.45) is 3.31. The van der Waals surface area contributed by atoms with Gasteiger partial charge in [0.15, 0.2) is 0 Å². The van der Waals surface area contributed by atoms with Crippen LogP contribution in [0.2, 0.25) is 0 Å². The quantitative estimate of drug-likeness (QED) is 0.520. The van der Waals surface area contributed by atoms with Gasteiger partial charge in [-0.15, -0.1) is 0 Å². The molecule has 1 N–H and O–H groups in total. The van der Waals surface area contributed by atoms with E-state index in [-0.39, 0.29) is 0 Å². The number of methoxy groups -OCH3 is 1. The zero-order chi connectivity index (χ0) is 20.3. The molecule has 0 saturated heterocycles. The first kappa shape index (κ1) is 20.3. The minimum atomic E-state index is 0.374. The highest BCUT2D eigenvalue weighted by atomic mass is 16.5. The van der Waals surface area contributed by atoms with Crippen LogP contribution < -0.4 is 5.32 Å². The molecule has 3 rings (SSSR count). The molecule has 5 heteroatoms. The molecule has 0 aliphatic carbocycles. The molecule has 0 spiro atoms. The number of aromatic nitrogens is 3. The number of nitrogens with zero attached hydrogens (tertiary/aromatic N) is 3. The van der Waals surface area contributed by atoms with Crippen molar-refractivity contribution in [2.24, 2.45) is 0 Å². The molecule has 1 atom stereocenters. The number of hydrogen-bond acceptors (Lipinski definition) is 4. The van der Waals surface area contributed by atoms with E-state index < -0.39 is 0 Å². The predicted octanol–water partition coefficient (Wildman–Crippen LogP) is 5.56. The Bertz CT molecular complexity index is 945. The number of anilines is 1. The Kier molecular flexibility index (Phi) is 6.35. The molecule has 3 aromatic heterocycles. The summed E-state index contributed by atoms with van der Waals surface area (Å²) in [5.41, 5.74) is 6.50. The van der Waals surface area contributed by atoms with E-state index in [1.54, 1.807) is 7.11 Å². The van der Waals surface area contributed by atoms with E-state index >= 15 is 0 Å². The molecule has 28 heavy (non-hydrogen) atoms. The molecule has 1 unspecified atom stereocenters. The van der Waals surface area contributed by atoms with Crippen LogP contribution in [0, 0.1) is 6.92 Å². The topological polar surface area (TPSA) is 52.0 Å². The number of fused-ring (bicyclic) bond motifs is 1. The van der Waals surface area contributed by atoms with Gasteiger partial charge < -0.3 is 14.6 Å². The van der Waals surface area contributed by atoms with Gasteiger partial charge in [0.2, 0.25) is 0 Å². The minimum Gasteiger partial charge on any atom is -0.383 e. The Balaban J connectivity index is 2.06. The first-order chi connectivity index (χ1) is 13.5. The van der Waals surface area contributed by atoms with Crippen LogP contribution >= 0.6 is 0 Å². The smallest absolute Gasteiger partial charge is 0.135 e. The second kappa shape index (κ2) is 8.74. The molecule has 0 saturated carbocycles. The summed E-state index contributed by atoms with van der Waals surface area (Å²) in [6, 6.07) is 8.99. The third kappa shape index (κ3) is 4.04. The van der Waals surface area contributed by atoms with Gasteiger partial charge in [-0.2, -0.15) is 0 Å². The number of rotatable bonds is 8. The van der Waals surface area contributed by atoms with Crippen molar-refractivity contribution >= 4 is 16.9 Å². The third-order valence-corrected chi connectivity index (χ3v) is 5.31. The normalized spacial score (nSPS) is 12.7. The summed E-state index contributed by atoms with van der Waals surface area (Å²) < 4.78 is 7.52. The van der Waals surface area contributed by atoms with Crippen molar-refractivity contribution in [2.75, 3.05) is 25.6 Å². The number of nitrogens with one attached hydrogen (secondary N) is 1. The van der Waals surface area contributed by atoms with Gasteiger partial charge >= 0.3 is 0 Å². The number of ether oxygens (including phenoxy) is 1. The standard InChI is InChI=1S/C23H32N4O/c1-7-17(5)27-14-16(4)22-21(27)11-10-20(25-22)18-8-9-19(15(2)3)26-23(18)24-12-13-28-6/h8-11,14-15,17H,7,12-13H2,1-6H3,(H,24,26). The second-order valence-corrected chi connectivity index (χ2v) is 7.75. The van der Waals surface area contributed by atoms with Gasteiger partial charge in [-0.3, -0.25) is 0 Å². The average molecular weight is 381 g/mol. The molecule has 0 fully saturated rings. The number of hydrogen-bond donors (Lipinski definition) is 1. The summed E-state index contributed by atoms with van der Waals surface area (Å²) >= 11 is 0. The highest BCUT2D eigenvalue weighted by molar-refractivity contribution is 5.84. The van der Waals surface area contributed by atoms with Crippen LogP contribution in [-0.2, 0) is 4.74 Å². The molecule has 3 aromatic rings. The second-order valence-electron chi connectivity index (χ2n) is 7.75. The van der Waals surface area contributed by atoms with Crippen molar-refractivity contribution in [1.29, 1.82) is 0 Å². The molecule has 150 valence electrons. The highest BCUT2D eigenvalue weighted by Crippen LogP contribution is 2.31. The first-order valence-electron chi connectivity index (χ1n) is 10.2. The highest BCUT2D eigenvalue weighted by Gasteiger charge is 2.15. The summed E-state index contributed by atoms with van der Waals surface area (Å²) in [5, 5.41) is 3.42. The lowest BCUT2D eigenvalue weighted by Gasteiger charge is -2.15. The molecule has 0 amide bonds. The molecular formula is C23H32N4O. The Morgan fingerprint density at radius 2 is 1.89 bits per heavy atom. The lowest BCUT2D eigenvalue weighted by Crippen LogP contribution is -2.11. The maximum absolute atomic E-state index is 5.19. The SMILES string of the molecule is CCC(C)n1cc(C)c2nc(-c3ccc(C(C)C)nc3NCCOC)ccc21. The predicted molar refractivity (Wildman–Crippen MR) is 117 cm³/mol. The Labute approximate surface area is 168 Å². The maximum Gasteiger partial charge on any atom is 0.135 e. The summed E-state index contributed by atoms with van der Waals surface area (Å²) in [6.45, 7) is 12.3. The lowest BCUT2D eigenvalue weighted by atomic mass is 10.1. The van der Waals surface area contributed by atoms with E-state index in [0.717, 1.165) is 34.7 Å². The molecule has 3 heterocycles. The van der Waals surface area contributed by atoms with Gasteiger partial charge in [0.1, 0.15) is 5.82 Å². The van der Waals surface area contributed by atoms with Crippen molar-refractivity contribution in [3.8, 4) is 11.3 Å². The number of pyridine rings is 2. The fraction of sp³-hybridized carbons (Fsp3) is 0.478. The van der Waals surface area contributed by atoms with E-state index in [1.807, 2.05) is 0 Å². The van der Waals surface area contributed by atoms with Crippen molar-refractivity contribution in [3.63, 3.8) is 0 Å². The minimum absolute atomic E-state index is 0.374. The van der Waals surface area contributed by atoms with Crippen LogP contribution in [0.5, 0.6) is 0 Å². The summed E-state index contributed by atoms with van der Waals surface area (Å²) in [4.78, 5) is 9.87. The lowest BCUT2D eigenvalue weighted by molar-refractivity contribution is 0.210. The summed E-state index contributed by atoms with van der Waals surface area (Å²) in [5.74, 6) is 1.24.